The number of aromatic nitrogens is 1. The Labute approximate surface area is 186 Å². The Bertz CT molecular complexity index is 1000. The minimum atomic E-state index is -0.669. The van der Waals surface area contributed by atoms with Crippen LogP contribution in [0.4, 0.5) is 25.7 Å². The number of nitrogens with one attached hydrogen (secondary N) is 3. The predicted octanol–water partition coefficient (Wildman–Crippen LogP) is 0.940. The van der Waals surface area contributed by atoms with Crippen LogP contribution in [0, 0.1) is 11.2 Å². The third kappa shape index (κ3) is 5.56. The van der Waals surface area contributed by atoms with Crippen molar-refractivity contribution in [2.75, 3.05) is 41.4 Å². The third-order valence-corrected chi connectivity index (χ3v) is 5.36. The highest BCUT2D eigenvalue weighted by atomic mass is 32.1. The Morgan fingerprint density at radius 2 is 2.31 bits per heavy atom. The third-order valence-electron chi connectivity index (χ3n) is 4.54. The molecule has 2 heterocycles. The number of aliphatic hydroxyl groups is 1. The van der Waals surface area contributed by atoms with Crippen LogP contribution < -0.4 is 20.4 Å². The van der Waals surface area contributed by atoms with Crippen LogP contribution in [0.25, 0.3) is 0 Å². The summed E-state index contributed by atoms with van der Waals surface area (Å²) in [5.74, 6) is -0.963. The van der Waals surface area contributed by atoms with Crippen LogP contribution >= 0.6 is 11.3 Å². The lowest BCUT2D eigenvalue weighted by atomic mass is 10.2. The topological polar surface area (TPSA) is 148 Å². The summed E-state index contributed by atoms with van der Waals surface area (Å²) in [4.78, 5) is 41.0. The van der Waals surface area contributed by atoms with E-state index in [1.807, 2.05) is 0 Å². The van der Waals surface area contributed by atoms with Gasteiger partial charge in [-0.3, -0.25) is 19.9 Å². The molecule has 1 aliphatic rings. The van der Waals surface area contributed by atoms with Gasteiger partial charge in [0.2, 0.25) is 12.3 Å². The van der Waals surface area contributed by atoms with Crippen LogP contribution in [-0.4, -0.2) is 67.2 Å². The second kappa shape index (κ2) is 10.6. The minimum absolute atomic E-state index is 0.0193. The zero-order valence-corrected chi connectivity index (χ0v) is 17.6. The molecule has 3 rings (SSSR count). The average Bonchev–Trinajstić information content (AvgIpc) is 3.37. The van der Waals surface area contributed by atoms with E-state index in [-0.39, 0.29) is 49.9 Å². The van der Waals surface area contributed by atoms with E-state index in [9.17, 15) is 18.8 Å². The quantitative estimate of drug-likeness (QED) is 0.220. The Kier molecular flexibility index (Phi) is 7.68. The van der Waals surface area contributed by atoms with E-state index in [0.717, 1.165) is 12.4 Å². The number of carbonyl (C=O) groups excluding carboxylic acids is 3. The molecule has 1 fully saturated rings. The molecular formula is C19H21FN6O5S. The number of benzene rings is 1. The molecule has 1 saturated heterocycles. The van der Waals surface area contributed by atoms with Gasteiger partial charge in [-0.1, -0.05) is 0 Å². The number of amides is 3. The van der Waals surface area contributed by atoms with Crippen LogP contribution in [0.2, 0.25) is 0 Å². The molecule has 0 aliphatic carbocycles. The van der Waals surface area contributed by atoms with Crippen molar-refractivity contribution in [2.24, 2.45) is 0 Å². The van der Waals surface area contributed by atoms with Gasteiger partial charge < -0.3 is 25.4 Å². The van der Waals surface area contributed by atoms with Crippen LogP contribution in [-0.2, 0) is 20.7 Å². The maximum atomic E-state index is 14.7. The summed E-state index contributed by atoms with van der Waals surface area (Å²) in [5.41, 5.74) is 0.886. The average molecular weight is 464 g/mol. The van der Waals surface area contributed by atoms with Gasteiger partial charge in [0, 0.05) is 18.5 Å². The van der Waals surface area contributed by atoms with E-state index in [2.05, 4.69) is 15.6 Å². The first-order chi connectivity index (χ1) is 15.4. The van der Waals surface area contributed by atoms with Crippen LogP contribution in [0.1, 0.15) is 5.69 Å². The zero-order chi connectivity index (χ0) is 23.1. The number of hydrogen-bond acceptors (Lipinski definition) is 8. The number of hydrogen-bond donors (Lipinski definition) is 4. The zero-order valence-electron chi connectivity index (χ0n) is 16.8. The first-order valence-corrected chi connectivity index (χ1v) is 10.4. The molecule has 170 valence electrons. The number of cyclic esters (lactones) is 1. The SMILES string of the molecule is N=CN(CCNC(=O)Cc1csc(NC=O)n1)c1ccc(N2CC(CO)OC2=O)cc1F. The molecule has 1 aromatic heterocycles. The Balaban J connectivity index is 1.54. The van der Waals surface area contributed by atoms with Gasteiger partial charge in [0.25, 0.3) is 0 Å². The van der Waals surface area contributed by atoms with Gasteiger partial charge in [-0.2, -0.15) is 0 Å². The lowest BCUT2D eigenvalue weighted by Gasteiger charge is -2.21. The Hall–Kier alpha value is -3.58. The van der Waals surface area contributed by atoms with Gasteiger partial charge in [0.05, 0.1) is 43.0 Å². The lowest BCUT2D eigenvalue weighted by molar-refractivity contribution is -0.120. The van der Waals surface area contributed by atoms with E-state index >= 15 is 0 Å². The second-order valence-corrected chi connectivity index (χ2v) is 7.55. The largest absolute Gasteiger partial charge is 0.441 e. The van der Waals surface area contributed by atoms with E-state index in [1.165, 1.54) is 33.3 Å². The molecule has 0 spiro atoms. The number of thiazole rings is 1. The highest BCUT2D eigenvalue weighted by Gasteiger charge is 2.32. The van der Waals surface area contributed by atoms with Crippen molar-refractivity contribution in [3.8, 4) is 0 Å². The molecule has 11 nitrogen and oxygen atoms in total. The number of halogens is 1. The van der Waals surface area contributed by atoms with Gasteiger partial charge >= 0.3 is 6.09 Å². The molecule has 0 saturated carbocycles. The van der Waals surface area contributed by atoms with E-state index in [0.29, 0.717) is 17.2 Å². The fourth-order valence-corrected chi connectivity index (χ4v) is 3.70. The van der Waals surface area contributed by atoms with Crippen LogP contribution in [0.5, 0.6) is 0 Å². The van der Waals surface area contributed by atoms with Crippen molar-refractivity contribution in [1.29, 1.82) is 5.41 Å². The summed E-state index contributed by atoms with van der Waals surface area (Å²) in [6, 6.07) is 4.09. The van der Waals surface area contributed by atoms with Crippen LogP contribution in [0.15, 0.2) is 23.6 Å². The Morgan fingerprint density at radius 1 is 1.50 bits per heavy atom. The monoisotopic (exact) mass is 464 g/mol. The molecule has 1 atom stereocenters. The van der Waals surface area contributed by atoms with E-state index in [4.69, 9.17) is 15.3 Å². The smallest absolute Gasteiger partial charge is 0.414 e. The summed E-state index contributed by atoms with van der Waals surface area (Å²) in [7, 11) is 0. The van der Waals surface area contributed by atoms with Crippen molar-refractivity contribution in [2.45, 2.75) is 12.5 Å². The maximum absolute atomic E-state index is 14.7. The number of ether oxygens (including phenoxy) is 1. The molecular weight excluding hydrogens is 443 g/mol. The van der Waals surface area contributed by atoms with E-state index in [1.54, 1.807) is 5.38 Å². The van der Waals surface area contributed by atoms with Gasteiger partial charge in [0.15, 0.2) is 5.13 Å². The van der Waals surface area contributed by atoms with Gasteiger partial charge in [0.1, 0.15) is 11.9 Å². The molecule has 1 unspecified atom stereocenters. The second-order valence-electron chi connectivity index (χ2n) is 6.69. The normalized spacial score (nSPS) is 15.2. The number of nitrogens with zero attached hydrogens (tertiary/aromatic N) is 3. The number of carbonyl (C=O) groups is 3. The summed E-state index contributed by atoms with van der Waals surface area (Å²) >= 11 is 1.20. The first kappa shape index (κ1) is 23.1. The summed E-state index contributed by atoms with van der Waals surface area (Å²) in [6.07, 6.45) is 0.128. The van der Waals surface area contributed by atoms with Crippen molar-refractivity contribution < 1.29 is 28.6 Å². The van der Waals surface area contributed by atoms with Gasteiger partial charge in [-0.15, -0.1) is 11.3 Å². The lowest BCUT2D eigenvalue weighted by Crippen LogP contribution is -2.35. The predicted molar refractivity (Wildman–Crippen MR) is 116 cm³/mol. The standard InChI is InChI=1S/C19H21FN6O5S/c20-15-6-13(26-7-14(8-27)31-19(26)30)1-2-16(15)25(10-21)4-3-22-17(29)5-12-9-32-18(24-12)23-11-28/h1-2,6,9-11,14,21,27H,3-5,7-8H2,(H,22,29)(H,23,24,28). The van der Waals surface area contributed by atoms with Crippen molar-refractivity contribution >= 4 is 52.6 Å². The number of aliphatic hydroxyl groups excluding tert-OH is 1. The minimum Gasteiger partial charge on any atom is -0.441 e. The Morgan fingerprint density at radius 3 is 2.97 bits per heavy atom. The van der Waals surface area contributed by atoms with Crippen molar-refractivity contribution in [3.63, 3.8) is 0 Å². The molecule has 4 N–H and O–H groups in total. The van der Waals surface area contributed by atoms with Gasteiger partial charge in [-0.05, 0) is 18.2 Å². The van der Waals surface area contributed by atoms with Crippen molar-refractivity contribution in [1.82, 2.24) is 10.3 Å². The fraction of sp³-hybridized carbons (Fsp3) is 0.316. The van der Waals surface area contributed by atoms with Gasteiger partial charge in [-0.25, -0.2) is 14.2 Å². The molecule has 0 radical (unpaired) electrons. The number of rotatable bonds is 11. The van der Waals surface area contributed by atoms with Crippen molar-refractivity contribution in [3.05, 3.63) is 35.1 Å². The molecule has 2 aromatic rings. The molecule has 1 aromatic carbocycles. The fourth-order valence-electron chi connectivity index (χ4n) is 3.03. The number of anilines is 3. The molecule has 0 bridgehead atoms. The molecule has 13 heteroatoms. The molecule has 32 heavy (non-hydrogen) atoms. The van der Waals surface area contributed by atoms with E-state index < -0.39 is 18.0 Å². The first-order valence-electron chi connectivity index (χ1n) is 9.52. The van der Waals surface area contributed by atoms with Crippen LogP contribution in [0.3, 0.4) is 0 Å². The summed E-state index contributed by atoms with van der Waals surface area (Å²) in [5, 5.41) is 23.8. The highest BCUT2D eigenvalue weighted by molar-refractivity contribution is 7.13. The molecule has 1 aliphatic heterocycles. The summed E-state index contributed by atoms with van der Waals surface area (Å²) in [6.45, 7) is 0.0734. The summed E-state index contributed by atoms with van der Waals surface area (Å²) < 4.78 is 19.6. The molecule has 3 amide bonds. The highest BCUT2D eigenvalue weighted by Crippen LogP contribution is 2.27. The maximum Gasteiger partial charge on any atom is 0.414 e.